The van der Waals surface area contributed by atoms with Crippen LogP contribution in [0.1, 0.15) is 27.8 Å². The molecule has 0 heterocycles. The quantitative estimate of drug-likeness (QED) is 0.0777. The van der Waals surface area contributed by atoms with Crippen LogP contribution in [-0.2, 0) is 0 Å². The molecule has 0 bridgehead atoms. The zero-order chi connectivity index (χ0) is 39.8. The Bertz CT molecular complexity index is 2760. The standard InChI is InChI=1S/C52H40N4O2/c1-37-40(18-12-38-14-22-45(23-15-38)56(43-10-6-3-7-11-43)47-28-32-49(33-29-47)58-36-53)20-35-51-50(37)34-21-41(52(51)54)19-13-39-16-24-44(25-17-39)55(42-8-4-2-5-9-42)46-26-30-48(57)31-27-46/h2-35,57H,54H2,1H3/b18-12+,19-13+. The number of rotatable bonds is 11. The summed E-state index contributed by atoms with van der Waals surface area (Å²) >= 11 is 0. The molecule has 8 aromatic rings. The monoisotopic (exact) mass is 752 g/mol. The molecule has 58 heavy (non-hydrogen) atoms. The number of nitrogens with two attached hydrogens (primary N) is 1. The van der Waals surface area contributed by atoms with E-state index in [9.17, 15) is 5.11 Å². The number of phenols is 1. The molecule has 0 aliphatic carbocycles. The van der Waals surface area contributed by atoms with Crippen molar-refractivity contribution in [2.24, 2.45) is 0 Å². The van der Waals surface area contributed by atoms with Crippen LogP contribution in [0.15, 0.2) is 182 Å². The Kier molecular flexibility index (Phi) is 10.7. The predicted octanol–water partition coefficient (Wildman–Crippen LogP) is 13.6. The molecule has 0 fully saturated rings. The average Bonchev–Trinajstić information content (AvgIpc) is 3.26. The fourth-order valence-corrected chi connectivity index (χ4v) is 7.15. The largest absolute Gasteiger partial charge is 0.508 e. The number of ether oxygens (including phenoxy) is 1. The zero-order valence-corrected chi connectivity index (χ0v) is 31.9. The van der Waals surface area contributed by atoms with E-state index in [4.69, 9.17) is 15.7 Å². The minimum atomic E-state index is 0.234. The molecule has 3 N–H and O–H groups in total. The molecule has 280 valence electrons. The van der Waals surface area contributed by atoms with Crippen molar-refractivity contribution in [2.45, 2.75) is 6.92 Å². The third-order valence-electron chi connectivity index (χ3n) is 10.2. The van der Waals surface area contributed by atoms with E-state index in [1.54, 1.807) is 30.5 Å². The van der Waals surface area contributed by atoms with Crippen LogP contribution in [0.5, 0.6) is 11.5 Å². The fraction of sp³-hybridized carbons (Fsp3) is 0.0192. The van der Waals surface area contributed by atoms with Crippen LogP contribution >= 0.6 is 0 Å². The Morgan fingerprint density at radius 1 is 0.483 bits per heavy atom. The van der Waals surface area contributed by atoms with Crippen molar-refractivity contribution in [3.63, 3.8) is 0 Å². The van der Waals surface area contributed by atoms with E-state index >= 15 is 0 Å². The van der Waals surface area contributed by atoms with E-state index in [0.29, 0.717) is 5.75 Å². The number of phenolic OH excluding ortho intramolecular Hbond substituents is 1. The van der Waals surface area contributed by atoms with Gasteiger partial charge in [-0.05, 0) is 137 Å². The second-order valence-electron chi connectivity index (χ2n) is 13.8. The van der Waals surface area contributed by atoms with E-state index in [1.165, 1.54) is 5.56 Å². The highest BCUT2D eigenvalue weighted by Crippen LogP contribution is 2.37. The molecule has 0 aromatic heterocycles. The van der Waals surface area contributed by atoms with Crippen molar-refractivity contribution in [3.05, 3.63) is 210 Å². The summed E-state index contributed by atoms with van der Waals surface area (Å²) in [5, 5.41) is 20.9. The Balaban J connectivity index is 0.991. The lowest BCUT2D eigenvalue weighted by atomic mass is 9.96. The maximum atomic E-state index is 9.87. The number of hydrogen-bond acceptors (Lipinski definition) is 6. The smallest absolute Gasteiger partial charge is 0.292 e. The first-order valence-corrected chi connectivity index (χ1v) is 19.0. The van der Waals surface area contributed by atoms with Gasteiger partial charge in [0.05, 0.1) is 0 Å². The minimum Gasteiger partial charge on any atom is -0.508 e. The van der Waals surface area contributed by atoms with Gasteiger partial charge in [-0.3, -0.25) is 0 Å². The van der Waals surface area contributed by atoms with E-state index in [2.05, 4.69) is 138 Å². The van der Waals surface area contributed by atoms with Gasteiger partial charge in [0.15, 0.2) is 0 Å². The van der Waals surface area contributed by atoms with Crippen LogP contribution in [0.4, 0.5) is 39.8 Å². The first-order valence-electron chi connectivity index (χ1n) is 19.0. The SMILES string of the molecule is Cc1c(/C=C/c2ccc(N(c3ccccc3)c3ccc(OC#N)cc3)cc2)ccc2c(N)c(/C=C/c3ccc(N(c4ccccc4)c4ccc(O)cc4)cc3)ccc12. The van der Waals surface area contributed by atoms with Gasteiger partial charge in [0.25, 0.3) is 6.26 Å². The highest BCUT2D eigenvalue weighted by atomic mass is 16.5. The van der Waals surface area contributed by atoms with Crippen LogP contribution in [-0.4, -0.2) is 5.11 Å². The van der Waals surface area contributed by atoms with Crippen molar-refractivity contribution >= 4 is 74.9 Å². The lowest BCUT2D eigenvalue weighted by molar-refractivity contribution is 0.475. The van der Waals surface area contributed by atoms with Crippen molar-refractivity contribution in [1.82, 2.24) is 0 Å². The van der Waals surface area contributed by atoms with Crippen LogP contribution in [0.2, 0.25) is 0 Å². The number of para-hydroxylation sites is 2. The number of fused-ring (bicyclic) bond motifs is 1. The normalized spacial score (nSPS) is 11.2. The second kappa shape index (κ2) is 16.8. The molecule has 0 atom stereocenters. The van der Waals surface area contributed by atoms with Crippen LogP contribution in [0.25, 0.3) is 35.1 Å². The van der Waals surface area contributed by atoms with Gasteiger partial charge in [0.1, 0.15) is 11.5 Å². The number of nitriles is 1. The molecule has 6 heteroatoms. The van der Waals surface area contributed by atoms with Gasteiger partial charge in [-0.25, -0.2) is 0 Å². The molecule has 8 rings (SSSR count). The summed E-state index contributed by atoms with van der Waals surface area (Å²) in [6.07, 6.45) is 10.2. The number of aromatic hydroxyl groups is 1. The third-order valence-corrected chi connectivity index (χ3v) is 10.2. The maximum absolute atomic E-state index is 9.87. The fourth-order valence-electron chi connectivity index (χ4n) is 7.15. The Morgan fingerprint density at radius 3 is 1.40 bits per heavy atom. The van der Waals surface area contributed by atoms with Gasteiger partial charge in [0, 0.05) is 45.2 Å². The Labute approximate surface area is 338 Å². The number of nitrogens with zero attached hydrogens (tertiary/aromatic N) is 3. The number of benzene rings is 8. The molecular formula is C52H40N4O2. The van der Waals surface area contributed by atoms with E-state index in [0.717, 1.165) is 72.8 Å². The molecule has 0 aliphatic rings. The highest BCUT2D eigenvalue weighted by Gasteiger charge is 2.14. The van der Waals surface area contributed by atoms with Gasteiger partial charge in [0.2, 0.25) is 0 Å². The van der Waals surface area contributed by atoms with Gasteiger partial charge in [-0.1, -0.05) is 109 Å². The number of aryl methyl sites for hydroxylation is 1. The number of hydrogen-bond donors (Lipinski definition) is 2. The molecule has 0 saturated carbocycles. The van der Waals surface area contributed by atoms with Gasteiger partial charge in [-0.2, -0.15) is 0 Å². The van der Waals surface area contributed by atoms with Gasteiger partial charge < -0.3 is 25.4 Å². The second-order valence-corrected chi connectivity index (χ2v) is 13.8. The summed E-state index contributed by atoms with van der Waals surface area (Å²) in [6, 6.07) is 60.4. The topological polar surface area (TPSA) is 85.8 Å². The lowest BCUT2D eigenvalue weighted by Crippen LogP contribution is -2.09. The maximum Gasteiger partial charge on any atom is 0.292 e. The van der Waals surface area contributed by atoms with Gasteiger partial charge >= 0.3 is 0 Å². The molecule has 0 saturated heterocycles. The van der Waals surface area contributed by atoms with Crippen molar-refractivity contribution < 1.29 is 9.84 Å². The Morgan fingerprint density at radius 2 is 0.897 bits per heavy atom. The summed E-state index contributed by atoms with van der Waals surface area (Å²) in [5.41, 5.74) is 18.9. The number of anilines is 7. The average molecular weight is 753 g/mol. The summed E-state index contributed by atoms with van der Waals surface area (Å²) < 4.78 is 5.00. The Hall–Kier alpha value is -8.01. The molecule has 0 aliphatic heterocycles. The first-order chi connectivity index (χ1) is 28.4. The summed E-state index contributed by atoms with van der Waals surface area (Å²) in [6.45, 7) is 2.14. The highest BCUT2D eigenvalue weighted by molar-refractivity contribution is 6.01. The molecule has 6 nitrogen and oxygen atoms in total. The first kappa shape index (κ1) is 36.9. The van der Waals surface area contributed by atoms with Crippen LogP contribution < -0.4 is 20.3 Å². The molecule has 0 unspecified atom stereocenters. The predicted molar refractivity (Wildman–Crippen MR) is 241 cm³/mol. The zero-order valence-electron chi connectivity index (χ0n) is 31.9. The minimum absolute atomic E-state index is 0.234. The van der Waals surface area contributed by atoms with Crippen molar-refractivity contribution in [3.8, 4) is 17.8 Å². The summed E-state index contributed by atoms with van der Waals surface area (Å²) in [7, 11) is 0. The van der Waals surface area contributed by atoms with Crippen molar-refractivity contribution in [2.75, 3.05) is 15.5 Å². The summed E-state index contributed by atoms with van der Waals surface area (Å²) in [5.74, 6) is 0.736. The van der Waals surface area contributed by atoms with Crippen LogP contribution in [0, 0.1) is 18.4 Å². The van der Waals surface area contributed by atoms with E-state index in [1.807, 2.05) is 60.7 Å². The van der Waals surface area contributed by atoms with Crippen LogP contribution in [0.3, 0.4) is 0 Å². The molecule has 8 aromatic carbocycles. The van der Waals surface area contributed by atoms with Crippen molar-refractivity contribution in [1.29, 1.82) is 5.26 Å². The van der Waals surface area contributed by atoms with E-state index in [-0.39, 0.29) is 5.75 Å². The van der Waals surface area contributed by atoms with E-state index < -0.39 is 0 Å². The summed E-state index contributed by atoms with van der Waals surface area (Å²) in [4.78, 5) is 4.33. The van der Waals surface area contributed by atoms with Gasteiger partial charge in [-0.15, -0.1) is 5.26 Å². The molecule has 0 spiro atoms. The number of nitrogen functional groups attached to an aromatic ring is 1. The molecular weight excluding hydrogens is 713 g/mol. The third kappa shape index (κ3) is 8.01. The lowest BCUT2D eigenvalue weighted by Gasteiger charge is -2.25. The molecule has 0 amide bonds. The molecule has 0 radical (unpaired) electrons.